The van der Waals surface area contributed by atoms with Gasteiger partial charge in [-0.3, -0.25) is 4.79 Å². The molecule has 0 aliphatic heterocycles. The Morgan fingerprint density at radius 3 is 2.50 bits per heavy atom. The topological polar surface area (TPSA) is 26.3 Å². The van der Waals surface area contributed by atoms with E-state index in [2.05, 4.69) is 26.0 Å². The molecule has 2 nitrogen and oxygen atoms in total. The van der Waals surface area contributed by atoms with E-state index < -0.39 is 0 Å². The third kappa shape index (κ3) is 5.85. The Labute approximate surface area is 110 Å². The van der Waals surface area contributed by atoms with Gasteiger partial charge in [0.2, 0.25) is 0 Å². The van der Waals surface area contributed by atoms with Gasteiger partial charge in [0, 0.05) is 12.8 Å². The predicted octanol–water partition coefficient (Wildman–Crippen LogP) is 4.13. The summed E-state index contributed by atoms with van der Waals surface area (Å²) in [5.74, 6) is -0.0498. The standard InChI is InChI=1S/C16H24O2/c1-3-5-7-12-16(17)18-15(4-2)13-14-10-8-6-9-11-14/h6,8-11,15H,3-5,7,12-13H2,1-2H3/t15-/m1/s1. The second-order valence-electron chi connectivity index (χ2n) is 4.67. The molecule has 0 radical (unpaired) electrons. The van der Waals surface area contributed by atoms with Crippen molar-refractivity contribution in [2.75, 3.05) is 0 Å². The number of carbonyl (C=O) groups is 1. The SMILES string of the molecule is CCCCCC(=O)O[C@H](CC)Cc1ccccc1. The van der Waals surface area contributed by atoms with Crippen LogP contribution in [-0.2, 0) is 16.0 Å². The van der Waals surface area contributed by atoms with Gasteiger partial charge in [0.1, 0.15) is 6.10 Å². The predicted molar refractivity (Wildman–Crippen MR) is 74.5 cm³/mol. The molecule has 100 valence electrons. The van der Waals surface area contributed by atoms with Crippen LogP contribution in [0.4, 0.5) is 0 Å². The van der Waals surface area contributed by atoms with Crippen LogP contribution in [0.1, 0.15) is 51.5 Å². The van der Waals surface area contributed by atoms with Gasteiger partial charge in [-0.2, -0.15) is 0 Å². The van der Waals surface area contributed by atoms with Crippen LogP contribution in [0.15, 0.2) is 30.3 Å². The minimum absolute atomic E-state index is 0.0153. The molecule has 0 N–H and O–H groups in total. The smallest absolute Gasteiger partial charge is 0.306 e. The highest BCUT2D eigenvalue weighted by molar-refractivity contribution is 5.69. The van der Waals surface area contributed by atoms with E-state index in [1.807, 2.05) is 18.2 Å². The van der Waals surface area contributed by atoms with Crippen molar-refractivity contribution >= 4 is 5.97 Å². The Kier molecular flexibility index (Phi) is 7.16. The molecule has 0 amide bonds. The molecule has 0 aliphatic rings. The number of benzene rings is 1. The van der Waals surface area contributed by atoms with E-state index in [4.69, 9.17) is 4.74 Å². The lowest BCUT2D eigenvalue weighted by atomic mass is 10.1. The van der Waals surface area contributed by atoms with Crippen LogP contribution in [0.3, 0.4) is 0 Å². The van der Waals surface area contributed by atoms with Crippen molar-refractivity contribution in [3.63, 3.8) is 0 Å². The summed E-state index contributed by atoms with van der Waals surface area (Å²) in [6.07, 6.45) is 5.43. The number of esters is 1. The van der Waals surface area contributed by atoms with Crippen LogP contribution >= 0.6 is 0 Å². The number of unbranched alkanes of at least 4 members (excludes halogenated alkanes) is 2. The maximum atomic E-state index is 11.7. The highest BCUT2D eigenvalue weighted by Gasteiger charge is 2.12. The van der Waals surface area contributed by atoms with Crippen LogP contribution in [0.25, 0.3) is 0 Å². The largest absolute Gasteiger partial charge is 0.462 e. The van der Waals surface area contributed by atoms with E-state index in [1.54, 1.807) is 0 Å². The number of carbonyl (C=O) groups excluding carboxylic acids is 1. The van der Waals surface area contributed by atoms with Gasteiger partial charge >= 0.3 is 5.97 Å². The minimum atomic E-state index is -0.0498. The summed E-state index contributed by atoms with van der Waals surface area (Å²) in [4.78, 5) is 11.7. The quantitative estimate of drug-likeness (QED) is 0.510. The molecule has 0 saturated heterocycles. The maximum absolute atomic E-state index is 11.7. The van der Waals surface area contributed by atoms with Crippen molar-refractivity contribution in [3.05, 3.63) is 35.9 Å². The highest BCUT2D eigenvalue weighted by atomic mass is 16.5. The minimum Gasteiger partial charge on any atom is -0.462 e. The summed E-state index contributed by atoms with van der Waals surface area (Å²) in [6, 6.07) is 10.2. The van der Waals surface area contributed by atoms with Crippen LogP contribution < -0.4 is 0 Å². The highest BCUT2D eigenvalue weighted by Crippen LogP contribution is 2.11. The molecule has 0 bridgehead atoms. The third-order valence-corrected chi connectivity index (χ3v) is 3.04. The Balaban J connectivity index is 2.35. The molecule has 1 atom stereocenters. The fraction of sp³-hybridized carbons (Fsp3) is 0.562. The monoisotopic (exact) mass is 248 g/mol. The first-order chi connectivity index (χ1) is 8.76. The maximum Gasteiger partial charge on any atom is 0.306 e. The molecular weight excluding hydrogens is 224 g/mol. The molecule has 2 heteroatoms. The molecule has 0 saturated carbocycles. The van der Waals surface area contributed by atoms with Crippen molar-refractivity contribution in [2.24, 2.45) is 0 Å². The zero-order chi connectivity index (χ0) is 13.2. The van der Waals surface area contributed by atoms with E-state index in [0.29, 0.717) is 6.42 Å². The van der Waals surface area contributed by atoms with E-state index in [1.165, 1.54) is 5.56 Å². The molecule has 18 heavy (non-hydrogen) atoms. The molecule has 0 unspecified atom stereocenters. The average Bonchev–Trinajstić information content (AvgIpc) is 2.39. The lowest BCUT2D eigenvalue weighted by Gasteiger charge is -2.16. The van der Waals surface area contributed by atoms with Crippen molar-refractivity contribution in [1.82, 2.24) is 0 Å². The summed E-state index contributed by atoms with van der Waals surface area (Å²) in [6.45, 7) is 4.20. The molecule has 0 aliphatic carbocycles. The molecule has 0 aromatic heterocycles. The molecule has 0 heterocycles. The second kappa shape index (κ2) is 8.73. The zero-order valence-electron chi connectivity index (χ0n) is 11.5. The van der Waals surface area contributed by atoms with Gasteiger partial charge in [0.05, 0.1) is 0 Å². The van der Waals surface area contributed by atoms with Crippen LogP contribution in [0.2, 0.25) is 0 Å². The normalized spacial score (nSPS) is 12.1. The third-order valence-electron chi connectivity index (χ3n) is 3.04. The van der Waals surface area contributed by atoms with Gasteiger partial charge in [-0.15, -0.1) is 0 Å². The van der Waals surface area contributed by atoms with Gasteiger partial charge < -0.3 is 4.74 Å². The summed E-state index contributed by atoms with van der Waals surface area (Å²) >= 11 is 0. The first-order valence-corrected chi connectivity index (χ1v) is 6.99. The van der Waals surface area contributed by atoms with Crippen LogP contribution in [0, 0.1) is 0 Å². The first-order valence-electron chi connectivity index (χ1n) is 6.99. The second-order valence-corrected chi connectivity index (χ2v) is 4.67. The van der Waals surface area contributed by atoms with Crippen molar-refractivity contribution < 1.29 is 9.53 Å². The zero-order valence-corrected chi connectivity index (χ0v) is 11.5. The molecule has 0 fully saturated rings. The Bertz CT molecular complexity index is 332. The molecule has 1 rings (SSSR count). The molecule has 1 aromatic carbocycles. The molecular formula is C16H24O2. The van der Waals surface area contributed by atoms with Crippen molar-refractivity contribution in [2.45, 2.75) is 58.5 Å². The van der Waals surface area contributed by atoms with Crippen LogP contribution in [0.5, 0.6) is 0 Å². The first kappa shape index (κ1) is 14.7. The lowest BCUT2D eigenvalue weighted by Crippen LogP contribution is -2.19. The number of rotatable bonds is 8. The molecule has 1 aromatic rings. The fourth-order valence-electron chi connectivity index (χ4n) is 1.91. The van der Waals surface area contributed by atoms with E-state index in [-0.39, 0.29) is 12.1 Å². The lowest BCUT2D eigenvalue weighted by molar-refractivity contribution is -0.149. The van der Waals surface area contributed by atoms with E-state index in [0.717, 1.165) is 32.1 Å². The van der Waals surface area contributed by atoms with Gasteiger partial charge in [-0.1, -0.05) is 57.0 Å². The van der Waals surface area contributed by atoms with Crippen LogP contribution in [-0.4, -0.2) is 12.1 Å². The van der Waals surface area contributed by atoms with E-state index in [9.17, 15) is 4.79 Å². The Morgan fingerprint density at radius 1 is 1.17 bits per heavy atom. The Morgan fingerprint density at radius 2 is 1.89 bits per heavy atom. The van der Waals surface area contributed by atoms with E-state index >= 15 is 0 Å². The summed E-state index contributed by atoms with van der Waals surface area (Å²) in [5, 5.41) is 0. The van der Waals surface area contributed by atoms with Crippen molar-refractivity contribution in [1.29, 1.82) is 0 Å². The fourth-order valence-corrected chi connectivity index (χ4v) is 1.91. The van der Waals surface area contributed by atoms with Gasteiger partial charge in [0.15, 0.2) is 0 Å². The van der Waals surface area contributed by atoms with Gasteiger partial charge in [-0.25, -0.2) is 0 Å². The average molecular weight is 248 g/mol. The summed E-state index contributed by atoms with van der Waals surface area (Å²) in [7, 11) is 0. The Hall–Kier alpha value is -1.31. The summed E-state index contributed by atoms with van der Waals surface area (Å²) in [5.41, 5.74) is 1.23. The van der Waals surface area contributed by atoms with Gasteiger partial charge in [-0.05, 0) is 18.4 Å². The number of ether oxygens (including phenoxy) is 1. The number of hydrogen-bond donors (Lipinski definition) is 0. The summed E-state index contributed by atoms with van der Waals surface area (Å²) < 4.78 is 5.51. The molecule has 0 spiro atoms. The number of hydrogen-bond acceptors (Lipinski definition) is 2. The van der Waals surface area contributed by atoms with Crippen molar-refractivity contribution in [3.8, 4) is 0 Å². The van der Waals surface area contributed by atoms with Gasteiger partial charge in [0.25, 0.3) is 0 Å².